The summed E-state index contributed by atoms with van der Waals surface area (Å²) in [5.74, 6) is 2.08. The molecule has 2 aromatic carbocycles. The lowest BCUT2D eigenvalue weighted by Crippen LogP contribution is -3.11. The molecule has 2 aromatic rings. The Morgan fingerprint density at radius 3 is 2.39 bits per heavy atom. The first kappa shape index (κ1) is 22.9. The smallest absolute Gasteiger partial charge is 0.231 e. The normalized spacial score (nSPS) is 14.6. The monoisotopic (exact) mass is 423 g/mol. The Labute approximate surface area is 185 Å². The largest absolute Gasteiger partial charge is 0.872 e. The van der Waals surface area contributed by atoms with Crippen LogP contribution in [0.25, 0.3) is 6.08 Å². The number of para-hydroxylation sites is 1. The van der Waals surface area contributed by atoms with Gasteiger partial charge in [0.2, 0.25) is 5.78 Å². The molecule has 0 amide bonds. The van der Waals surface area contributed by atoms with E-state index in [1.807, 2.05) is 31.2 Å². The van der Waals surface area contributed by atoms with E-state index >= 15 is 0 Å². The van der Waals surface area contributed by atoms with Crippen LogP contribution in [0.4, 0.5) is 0 Å². The van der Waals surface area contributed by atoms with Crippen LogP contribution in [0.1, 0.15) is 56.1 Å². The third kappa shape index (κ3) is 5.47. The maximum absolute atomic E-state index is 13.0. The molecule has 0 spiro atoms. The van der Waals surface area contributed by atoms with Gasteiger partial charge in [0.25, 0.3) is 0 Å². The first-order valence-corrected chi connectivity index (χ1v) is 11.1. The number of hydrogen-bond donors (Lipinski definition) is 1. The number of fused-ring (bicyclic) bond motifs is 1. The fraction of sp³-hybridized carbons (Fsp3) is 0.423. The second kappa shape index (κ2) is 10.0. The molecule has 0 aromatic heterocycles. The highest BCUT2D eigenvalue weighted by Gasteiger charge is 2.31. The van der Waals surface area contributed by atoms with E-state index in [1.54, 1.807) is 12.1 Å². The van der Waals surface area contributed by atoms with Crippen LogP contribution in [0.2, 0.25) is 0 Å². The molecule has 1 aliphatic rings. The number of carbonyl (C=O) groups is 1. The molecule has 0 atom stereocenters. The number of hydrogen-bond acceptors (Lipinski definition) is 4. The number of benzene rings is 2. The molecule has 31 heavy (non-hydrogen) atoms. The van der Waals surface area contributed by atoms with Crippen LogP contribution in [-0.4, -0.2) is 25.5 Å². The summed E-state index contributed by atoms with van der Waals surface area (Å²) in [6.45, 7) is 13.7. The van der Waals surface area contributed by atoms with Crippen molar-refractivity contribution in [3.05, 3.63) is 58.8 Å². The van der Waals surface area contributed by atoms with E-state index < -0.39 is 0 Å². The number of carbonyl (C=O) groups excluding carboxylic acids is 1. The van der Waals surface area contributed by atoms with Gasteiger partial charge < -0.3 is 19.5 Å². The van der Waals surface area contributed by atoms with Crippen LogP contribution in [0.3, 0.4) is 0 Å². The van der Waals surface area contributed by atoms with Crippen molar-refractivity contribution in [1.82, 2.24) is 0 Å². The van der Waals surface area contributed by atoms with Crippen LogP contribution in [0.15, 0.2) is 42.2 Å². The van der Waals surface area contributed by atoms with Crippen LogP contribution in [0, 0.1) is 11.8 Å². The second-order valence-electron chi connectivity index (χ2n) is 8.95. The zero-order valence-corrected chi connectivity index (χ0v) is 19.2. The van der Waals surface area contributed by atoms with Gasteiger partial charge in [0, 0.05) is 23.0 Å². The lowest BCUT2D eigenvalue weighted by molar-refractivity contribution is -0.919. The summed E-state index contributed by atoms with van der Waals surface area (Å²) in [5, 5.41) is 12.8. The second-order valence-corrected chi connectivity index (χ2v) is 8.95. The highest BCUT2D eigenvalue weighted by Crippen LogP contribution is 2.38. The first-order valence-electron chi connectivity index (χ1n) is 11.1. The molecule has 0 bridgehead atoms. The summed E-state index contributed by atoms with van der Waals surface area (Å²) in [6.07, 6.45) is 1.70. The third-order valence-corrected chi connectivity index (χ3v) is 5.22. The number of rotatable bonds is 9. The molecule has 0 radical (unpaired) electrons. The molecule has 5 nitrogen and oxygen atoms in total. The summed E-state index contributed by atoms with van der Waals surface area (Å²) in [4.78, 5) is 14.4. The van der Waals surface area contributed by atoms with Gasteiger partial charge in [0.05, 0.1) is 25.3 Å². The summed E-state index contributed by atoms with van der Waals surface area (Å²) < 4.78 is 11.7. The van der Waals surface area contributed by atoms with Gasteiger partial charge in [-0.25, -0.2) is 0 Å². The van der Waals surface area contributed by atoms with Crippen molar-refractivity contribution in [1.29, 1.82) is 0 Å². The standard InChI is InChI=1S/C26H33NO4/c1-6-30-23-10-8-7-9-19(23)13-24-25(29)20-11-12-22(28)21(26(20)31-24)16-27(14-17(2)3)15-18(4)5/h7-13,17-18,28H,6,14-16H2,1-5H3/b24-13-. The molecular formula is C26H33NO4. The maximum atomic E-state index is 13.0. The summed E-state index contributed by atoms with van der Waals surface area (Å²) >= 11 is 0. The molecule has 0 saturated carbocycles. The maximum Gasteiger partial charge on any atom is 0.231 e. The van der Waals surface area contributed by atoms with Crippen molar-refractivity contribution < 1.29 is 24.3 Å². The summed E-state index contributed by atoms with van der Waals surface area (Å²) in [6, 6.07) is 10.6. The zero-order chi connectivity index (χ0) is 22.5. The molecule has 1 N–H and O–H groups in total. The Morgan fingerprint density at radius 2 is 1.74 bits per heavy atom. The summed E-state index contributed by atoms with van der Waals surface area (Å²) in [7, 11) is 0. The minimum atomic E-state index is -0.197. The van der Waals surface area contributed by atoms with Crippen molar-refractivity contribution >= 4 is 11.9 Å². The SMILES string of the molecule is CCOc1ccccc1/C=C1\Oc2c(ccc([O-])c2C[NH+](CC(C)C)CC(C)C)C1=O. The molecule has 166 valence electrons. The van der Waals surface area contributed by atoms with Crippen molar-refractivity contribution in [3.8, 4) is 17.2 Å². The molecule has 0 fully saturated rings. The van der Waals surface area contributed by atoms with Crippen molar-refractivity contribution in [3.63, 3.8) is 0 Å². The fourth-order valence-electron chi connectivity index (χ4n) is 4.12. The average Bonchev–Trinajstić information content (AvgIpc) is 3.00. The molecular weight excluding hydrogens is 390 g/mol. The van der Waals surface area contributed by atoms with Gasteiger partial charge in [0.1, 0.15) is 18.0 Å². The number of quaternary nitrogens is 1. The third-order valence-electron chi connectivity index (χ3n) is 5.22. The van der Waals surface area contributed by atoms with E-state index in [-0.39, 0.29) is 17.3 Å². The van der Waals surface area contributed by atoms with E-state index in [0.29, 0.717) is 47.6 Å². The molecule has 0 saturated heterocycles. The Kier molecular flexibility index (Phi) is 7.39. The number of nitrogens with one attached hydrogen (secondary N) is 1. The van der Waals surface area contributed by atoms with Crippen molar-refractivity contribution in [2.45, 2.75) is 41.2 Å². The van der Waals surface area contributed by atoms with Gasteiger partial charge in [0.15, 0.2) is 5.76 Å². The van der Waals surface area contributed by atoms with Crippen molar-refractivity contribution in [2.24, 2.45) is 11.8 Å². The number of allylic oxidation sites excluding steroid dienone is 1. The minimum Gasteiger partial charge on any atom is -0.872 e. The topological polar surface area (TPSA) is 63.0 Å². The van der Waals surface area contributed by atoms with Gasteiger partial charge >= 0.3 is 0 Å². The number of ketones is 1. The molecule has 0 unspecified atom stereocenters. The van der Waals surface area contributed by atoms with E-state index in [2.05, 4.69) is 27.7 Å². The Morgan fingerprint density at radius 1 is 1.06 bits per heavy atom. The Hall–Kier alpha value is -2.79. The number of Topliss-reactive ketones (excluding diaryl/α,β-unsaturated/α-hetero) is 1. The Bertz CT molecular complexity index is 952. The van der Waals surface area contributed by atoms with Crippen LogP contribution in [0.5, 0.6) is 17.2 Å². The van der Waals surface area contributed by atoms with Crippen LogP contribution in [-0.2, 0) is 6.54 Å². The number of ether oxygens (including phenoxy) is 2. The van der Waals surface area contributed by atoms with Gasteiger partial charge in [-0.3, -0.25) is 4.79 Å². The predicted molar refractivity (Wildman–Crippen MR) is 121 cm³/mol. The molecule has 3 rings (SSSR count). The molecule has 0 aliphatic carbocycles. The molecule has 1 heterocycles. The van der Waals surface area contributed by atoms with E-state index in [4.69, 9.17) is 9.47 Å². The predicted octanol–water partition coefficient (Wildman–Crippen LogP) is 3.47. The van der Waals surface area contributed by atoms with Crippen LogP contribution < -0.4 is 19.5 Å². The van der Waals surface area contributed by atoms with E-state index in [9.17, 15) is 9.90 Å². The van der Waals surface area contributed by atoms with Crippen molar-refractivity contribution in [2.75, 3.05) is 19.7 Å². The van der Waals surface area contributed by atoms with Gasteiger partial charge in [-0.15, -0.1) is 0 Å². The Balaban J connectivity index is 1.94. The first-order chi connectivity index (χ1) is 14.8. The van der Waals surface area contributed by atoms with Gasteiger partial charge in [-0.1, -0.05) is 57.7 Å². The summed E-state index contributed by atoms with van der Waals surface area (Å²) in [5.41, 5.74) is 1.82. The molecule has 5 heteroatoms. The van der Waals surface area contributed by atoms with Crippen LogP contribution >= 0.6 is 0 Å². The fourth-order valence-corrected chi connectivity index (χ4v) is 4.12. The van der Waals surface area contributed by atoms with Gasteiger partial charge in [-0.2, -0.15) is 0 Å². The highest BCUT2D eigenvalue weighted by atomic mass is 16.5. The van der Waals surface area contributed by atoms with Gasteiger partial charge in [-0.05, 0) is 25.1 Å². The lowest BCUT2D eigenvalue weighted by atomic mass is 10.0. The minimum absolute atomic E-state index is 0.0764. The quantitative estimate of drug-likeness (QED) is 0.628. The molecule has 1 aliphatic heterocycles. The highest BCUT2D eigenvalue weighted by molar-refractivity contribution is 6.15. The average molecular weight is 424 g/mol. The lowest BCUT2D eigenvalue weighted by Gasteiger charge is -2.26. The zero-order valence-electron chi connectivity index (χ0n) is 19.2. The van der Waals surface area contributed by atoms with E-state index in [1.165, 1.54) is 11.0 Å². The van der Waals surface area contributed by atoms with E-state index in [0.717, 1.165) is 18.7 Å².